The van der Waals surface area contributed by atoms with Crippen LogP contribution in [0.4, 0.5) is 0 Å². The van der Waals surface area contributed by atoms with Crippen LogP contribution in [0.2, 0.25) is 0 Å². The summed E-state index contributed by atoms with van der Waals surface area (Å²) in [6.07, 6.45) is 8.04. The lowest BCUT2D eigenvalue weighted by molar-refractivity contribution is 0.0101. The van der Waals surface area contributed by atoms with Crippen molar-refractivity contribution < 1.29 is 4.74 Å². The van der Waals surface area contributed by atoms with Gasteiger partial charge in [0, 0.05) is 0 Å². The van der Waals surface area contributed by atoms with Crippen LogP contribution in [0.5, 0.6) is 0 Å². The number of hydrogen-bond donors (Lipinski definition) is 0. The molecule has 13 heavy (non-hydrogen) atoms. The molecule has 0 aromatic heterocycles. The zero-order chi connectivity index (χ0) is 9.68. The van der Waals surface area contributed by atoms with E-state index >= 15 is 0 Å². The van der Waals surface area contributed by atoms with Crippen LogP contribution < -0.4 is 0 Å². The Hall–Kier alpha value is -0.300. The Morgan fingerprint density at radius 2 is 2.00 bits per heavy atom. The topological polar surface area (TPSA) is 9.23 Å². The fraction of sp³-hybridized carbons (Fsp3) is 0.833. The molecule has 0 amide bonds. The maximum absolute atomic E-state index is 5.83. The lowest BCUT2D eigenvalue weighted by Crippen LogP contribution is -2.25. The average molecular weight is 182 g/mol. The standard InChI is InChI=1S/C12H22O/c1-10(2)8-9-13-12-7-5-4-6-11(12)3/h8,11-12H,4-7,9H2,1-3H3. The fourth-order valence-electron chi connectivity index (χ4n) is 1.87. The molecule has 1 saturated carbocycles. The summed E-state index contributed by atoms with van der Waals surface area (Å²) < 4.78 is 5.83. The smallest absolute Gasteiger partial charge is 0.0653 e. The van der Waals surface area contributed by atoms with Crippen LogP contribution in [0.1, 0.15) is 46.5 Å². The summed E-state index contributed by atoms with van der Waals surface area (Å²) in [7, 11) is 0. The molecule has 2 atom stereocenters. The van der Waals surface area contributed by atoms with Crippen LogP contribution in [-0.2, 0) is 4.74 Å². The van der Waals surface area contributed by atoms with Gasteiger partial charge in [-0.15, -0.1) is 0 Å². The van der Waals surface area contributed by atoms with Crippen molar-refractivity contribution in [2.24, 2.45) is 5.92 Å². The first-order valence-electron chi connectivity index (χ1n) is 5.45. The van der Waals surface area contributed by atoms with E-state index in [1.54, 1.807) is 0 Å². The minimum absolute atomic E-state index is 0.518. The molecule has 0 saturated heterocycles. The average Bonchev–Trinajstić information content (AvgIpc) is 2.08. The first-order valence-corrected chi connectivity index (χ1v) is 5.45. The van der Waals surface area contributed by atoms with Crippen LogP contribution in [0.15, 0.2) is 11.6 Å². The Kier molecular flexibility index (Phi) is 4.51. The first-order chi connectivity index (χ1) is 6.20. The van der Waals surface area contributed by atoms with Gasteiger partial charge in [-0.1, -0.05) is 31.4 Å². The van der Waals surface area contributed by atoms with E-state index in [-0.39, 0.29) is 0 Å². The van der Waals surface area contributed by atoms with Crippen LogP contribution in [0.25, 0.3) is 0 Å². The number of ether oxygens (including phenoxy) is 1. The number of hydrogen-bond acceptors (Lipinski definition) is 1. The van der Waals surface area contributed by atoms with Gasteiger partial charge in [-0.3, -0.25) is 0 Å². The molecule has 1 nitrogen and oxygen atoms in total. The molecule has 1 aliphatic rings. The van der Waals surface area contributed by atoms with E-state index in [1.807, 2.05) is 0 Å². The predicted molar refractivity (Wildman–Crippen MR) is 56.8 cm³/mol. The van der Waals surface area contributed by atoms with E-state index in [0.717, 1.165) is 12.5 Å². The second-order valence-electron chi connectivity index (χ2n) is 4.42. The molecule has 0 bridgehead atoms. The van der Waals surface area contributed by atoms with Crippen molar-refractivity contribution in [2.45, 2.75) is 52.6 Å². The van der Waals surface area contributed by atoms with Crippen LogP contribution in [0, 0.1) is 5.92 Å². The number of allylic oxidation sites excluding steroid dienone is 1. The van der Waals surface area contributed by atoms with Crippen LogP contribution >= 0.6 is 0 Å². The SMILES string of the molecule is CC(C)=CCOC1CCCCC1C. The second-order valence-corrected chi connectivity index (χ2v) is 4.42. The Morgan fingerprint density at radius 3 is 2.62 bits per heavy atom. The molecule has 1 heteroatoms. The molecule has 0 aromatic rings. The zero-order valence-electron chi connectivity index (χ0n) is 9.18. The monoisotopic (exact) mass is 182 g/mol. The first kappa shape index (κ1) is 10.8. The van der Waals surface area contributed by atoms with Crippen molar-refractivity contribution in [3.8, 4) is 0 Å². The third-order valence-electron chi connectivity index (χ3n) is 2.83. The Morgan fingerprint density at radius 1 is 1.31 bits per heavy atom. The largest absolute Gasteiger partial charge is 0.374 e. The summed E-state index contributed by atoms with van der Waals surface area (Å²) in [4.78, 5) is 0. The van der Waals surface area contributed by atoms with E-state index in [0.29, 0.717) is 6.10 Å². The van der Waals surface area contributed by atoms with Crippen molar-refractivity contribution in [3.63, 3.8) is 0 Å². The summed E-state index contributed by atoms with van der Waals surface area (Å²) in [5.41, 5.74) is 1.35. The molecule has 0 aliphatic heterocycles. The minimum Gasteiger partial charge on any atom is -0.374 e. The van der Waals surface area contributed by atoms with Gasteiger partial charge in [0.1, 0.15) is 0 Å². The zero-order valence-corrected chi connectivity index (χ0v) is 9.18. The van der Waals surface area contributed by atoms with E-state index in [4.69, 9.17) is 4.74 Å². The summed E-state index contributed by atoms with van der Waals surface area (Å²) >= 11 is 0. The maximum Gasteiger partial charge on any atom is 0.0653 e. The molecule has 0 spiro atoms. The van der Waals surface area contributed by atoms with Crippen molar-refractivity contribution in [2.75, 3.05) is 6.61 Å². The third kappa shape index (κ3) is 3.95. The predicted octanol–water partition coefficient (Wildman–Crippen LogP) is 3.55. The fourth-order valence-corrected chi connectivity index (χ4v) is 1.87. The highest BCUT2D eigenvalue weighted by Gasteiger charge is 2.20. The van der Waals surface area contributed by atoms with Crippen molar-refractivity contribution in [3.05, 3.63) is 11.6 Å². The summed E-state index contributed by atoms with van der Waals surface area (Å²) in [5.74, 6) is 0.763. The van der Waals surface area contributed by atoms with Crippen LogP contribution in [-0.4, -0.2) is 12.7 Å². The highest BCUT2D eigenvalue weighted by Crippen LogP contribution is 2.26. The van der Waals surface area contributed by atoms with Gasteiger partial charge in [0.15, 0.2) is 0 Å². The van der Waals surface area contributed by atoms with Gasteiger partial charge >= 0.3 is 0 Å². The van der Waals surface area contributed by atoms with E-state index in [2.05, 4.69) is 26.8 Å². The van der Waals surface area contributed by atoms with Gasteiger partial charge in [-0.05, 0) is 32.6 Å². The summed E-state index contributed by atoms with van der Waals surface area (Å²) in [5, 5.41) is 0. The van der Waals surface area contributed by atoms with Crippen molar-refractivity contribution >= 4 is 0 Å². The molecular formula is C12H22O. The molecule has 0 radical (unpaired) electrons. The Balaban J connectivity index is 2.23. The second kappa shape index (κ2) is 5.43. The molecule has 0 heterocycles. The van der Waals surface area contributed by atoms with Gasteiger partial charge in [0.2, 0.25) is 0 Å². The van der Waals surface area contributed by atoms with Crippen LogP contribution in [0.3, 0.4) is 0 Å². The van der Waals surface area contributed by atoms with Gasteiger partial charge in [0.25, 0.3) is 0 Å². The lowest BCUT2D eigenvalue weighted by Gasteiger charge is -2.28. The molecular weight excluding hydrogens is 160 g/mol. The molecule has 1 rings (SSSR count). The molecule has 1 fully saturated rings. The quantitative estimate of drug-likeness (QED) is 0.606. The summed E-state index contributed by atoms with van der Waals surface area (Å²) in [6, 6.07) is 0. The van der Waals surface area contributed by atoms with Gasteiger partial charge in [0.05, 0.1) is 12.7 Å². The highest BCUT2D eigenvalue weighted by atomic mass is 16.5. The summed E-state index contributed by atoms with van der Waals surface area (Å²) in [6.45, 7) is 7.35. The molecule has 2 unspecified atom stereocenters. The van der Waals surface area contributed by atoms with E-state index < -0.39 is 0 Å². The van der Waals surface area contributed by atoms with E-state index in [1.165, 1.54) is 31.3 Å². The highest BCUT2D eigenvalue weighted by molar-refractivity contribution is 4.93. The minimum atomic E-state index is 0.518. The van der Waals surface area contributed by atoms with Gasteiger partial charge < -0.3 is 4.74 Å². The number of rotatable bonds is 3. The third-order valence-corrected chi connectivity index (χ3v) is 2.83. The van der Waals surface area contributed by atoms with Gasteiger partial charge in [-0.25, -0.2) is 0 Å². The molecule has 0 N–H and O–H groups in total. The van der Waals surface area contributed by atoms with Crippen molar-refractivity contribution in [1.29, 1.82) is 0 Å². The van der Waals surface area contributed by atoms with Gasteiger partial charge in [-0.2, -0.15) is 0 Å². The normalized spacial score (nSPS) is 28.5. The lowest BCUT2D eigenvalue weighted by atomic mass is 9.88. The Bertz CT molecular complexity index is 168. The molecule has 1 aliphatic carbocycles. The van der Waals surface area contributed by atoms with E-state index in [9.17, 15) is 0 Å². The Labute approximate surface area is 82.2 Å². The van der Waals surface area contributed by atoms with Crippen molar-refractivity contribution in [1.82, 2.24) is 0 Å². The maximum atomic E-state index is 5.83. The molecule has 76 valence electrons. The molecule has 0 aromatic carbocycles.